The van der Waals surface area contributed by atoms with Gasteiger partial charge in [0.05, 0.1) is 5.97 Å². The second kappa shape index (κ2) is 5.24. The Morgan fingerprint density at radius 1 is 1.06 bits per heavy atom. The summed E-state index contributed by atoms with van der Waals surface area (Å²) in [6.45, 7) is 0. The molecule has 0 amide bonds. The molecule has 4 N–H and O–H groups in total. The molecule has 0 aliphatic heterocycles. The minimum absolute atomic E-state index is 0. The van der Waals surface area contributed by atoms with Crippen molar-refractivity contribution in [1.82, 2.24) is 0 Å². The molecule has 0 spiro atoms. The Morgan fingerprint density at radius 3 is 1.81 bits per heavy atom. The fourth-order valence-corrected chi connectivity index (χ4v) is 1.13. The monoisotopic (exact) mass is 236 g/mol. The molecule has 0 aliphatic rings. The van der Waals surface area contributed by atoms with E-state index in [9.17, 15) is 15.0 Å². The molecule has 6 nitrogen and oxygen atoms in total. The molecule has 7 heteroatoms. The van der Waals surface area contributed by atoms with Crippen LogP contribution in [0.4, 0.5) is 0 Å². The molecule has 1 aromatic carbocycles. The minimum atomic E-state index is -3.83. The van der Waals surface area contributed by atoms with Gasteiger partial charge in [0.15, 0.2) is 0 Å². The van der Waals surface area contributed by atoms with Gasteiger partial charge < -0.3 is 30.3 Å². The molecule has 0 fully saturated rings. The summed E-state index contributed by atoms with van der Waals surface area (Å²) in [5.74, 6) is -6.05. The zero-order valence-corrected chi connectivity index (χ0v) is 10.5. The van der Waals surface area contributed by atoms with Crippen molar-refractivity contribution in [2.75, 3.05) is 0 Å². The van der Waals surface area contributed by atoms with E-state index in [0.717, 1.165) is 12.1 Å². The van der Waals surface area contributed by atoms with Crippen LogP contribution in [-0.2, 0) is 10.4 Å². The molecule has 1 atom stereocenters. The first kappa shape index (κ1) is 15.5. The van der Waals surface area contributed by atoms with Gasteiger partial charge in [-0.1, -0.05) is 30.3 Å². The number of hydrogen-bond donors (Lipinski definition) is 4. The first-order valence-electron chi connectivity index (χ1n) is 3.96. The van der Waals surface area contributed by atoms with Gasteiger partial charge in [-0.15, -0.1) is 0 Å². The summed E-state index contributed by atoms with van der Waals surface area (Å²) >= 11 is 0. The van der Waals surface area contributed by atoms with E-state index in [1.807, 2.05) is 0 Å². The van der Waals surface area contributed by atoms with Crippen molar-refractivity contribution in [2.24, 2.45) is 0 Å². The predicted octanol–water partition coefficient (Wildman–Crippen LogP) is -5.74. The average molecular weight is 236 g/mol. The number of carbonyl (C=O) groups excluding carboxylic acids is 1. The maximum atomic E-state index is 10.6. The third-order valence-electron chi connectivity index (χ3n) is 1.97. The van der Waals surface area contributed by atoms with E-state index >= 15 is 0 Å². The Morgan fingerprint density at radius 2 is 1.50 bits per heavy atom. The molecule has 0 saturated carbocycles. The SMILES string of the molecule is O=C([O-])C(O)(c1ccccc1)C(O)(O)O.[Na+]. The van der Waals surface area contributed by atoms with Crippen molar-refractivity contribution in [1.29, 1.82) is 0 Å². The summed E-state index contributed by atoms with van der Waals surface area (Å²) in [5.41, 5.74) is -3.70. The second-order valence-corrected chi connectivity index (χ2v) is 3.00. The van der Waals surface area contributed by atoms with Gasteiger partial charge in [0, 0.05) is 0 Å². The first-order chi connectivity index (χ1) is 6.80. The summed E-state index contributed by atoms with van der Waals surface area (Å²) in [7, 11) is 0. The van der Waals surface area contributed by atoms with Gasteiger partial charge in [0.25, 0.3) is 0 Å². The number of aliphatic carboxylic acids is 1. The largest absolute Gasteiger partial charge is 1.00 e. The van der Waals surface area contributed by atoms with E-state index in [2.05, 4.69) is 0 Å². The van der Waals surface area contributed by atoms with Crippen molar-refractivity contribution in [3.05, 3.63) is 35.9 Å². The number of aliphatic hydroxyl groups is 4. The van der Waals surface area contributed by atoms with E-state index in [-0.39, 0.29) is 29.6 Å². The molecule has 1 aromatic rings. The van der Waals surface area contributed by atoms with Gasteiger partial charge in [-0.2, -0.15) is 0 Å². The molecule has 16 heavy (non-hydrogen) atoms. The Balaban J connectivity index is 0.00000225. The number of hydrogen-bond acceptors (Lipinski definition) is 6. The van der Waals surface area contributed by atoms with Crippen molar-refractivity contribution in [3.8, 4) is 0 Å². The van der Waals surface area contributed by atoms with Crippen LogP contribution < -0.4 is 34.7 Å². The Kier molecular flexibility index (Phi) is 5.09. The minimum Gasteiger partial charge on any atom is -0.546 e. The predicted molar refractivity (Wildman–Crippen MR) is 44.7 cm³/mol. The maximum Gasteiger partial charge on any atom is 1.00 e. The fourth-order valence-electron chi connectivity index (χ4n) is 1.13. The molecule has 0 radical (unpaired) electrons. The van der Waals surface area contributed by atoms with Gasteiger partial charge in [-0.05, 0) is 5.56 Å². The molecule has 82 valence electrons. The van der Waals surface area contributed by atoms with Crippen LogP contribution in [0.2, 0.25) is 0 Å². The van der Waals surface area contributed by atoms with E-state index < -0.39 is 23.1 Å². The van der Waals surface area contributed by atoms with Gasteiger partial charge in [0.1, 0.15) is 0 Å². The van der Waals surface area contributed by atoms with E-state index in [4.69, 9.17) is 15.3 Å². The number of carboxylic acid groups (broad SMARTS) is 1. The van der Waals surface area contributed by atoms with Gasteiger partial charge in [-0.25, -0.2) is 0 Å². The molecule has 0 saturated heterocycles. The normalized spacial score (nSPS) is 14.8. The first-order valence-corrected chi connectivity index (χ1v) is 3.96. The molecular weight excluding hydrogens is 227 g/mol. The van der Waals surface area contributed by atoms with Crippen molar-refractivity contribution < 1.29 is 59.9 Å². The van der Waals surface area contributed by atoms with E-state index in [0.29, 0.717) is 0 Å². The van der Waals surface area contributed by atoms with Crippen LogP contribution in [0.25, 0.3) is 0 Å². The zero-order valence-electron chi connectivity index (χ0n) is 8.49. The fraction of sp³-hybridized carbons (Fsp3) is 0.222. The molecular formula is C9H9NaO6. The van der Waals surface area contributed by atoms with Crippen LogP contribution in [0.1, 0.15) is 5.56 Å². The van der Waals surface area contributed by atoms with Gasteiger partial charge in [-0.3, -0.25) is 0 Å². The molecule has 1 rings (SSSR count). The standard InChI is InChI=1S/C9H10O6.Na/c10-7(11)8(12,9(13,14)15)6-4-2-1-3-5-6;/h1-5,12-15H,(H,10,11);/q;+1/p-1. The van der Waals surface area contributed by atoms with Crippen LogP contribution in [0, 0.1) is 0 Å². The smallest absolute Gasteiger partial charge is 0.546 e. The topological polar surface area (TPSA) is 121 Å². The number of carbonyl (C=O) groups is 1. The average Bonchev–Trinajstić information content (AvgIpc) is 2.16. The summed E-state index contributed by atoms with van der Waals surface area (Å²) in [6.07, 6.45) is 0. The van der Waals surface area contributed by atoms with Crippen molar-refractivity contribution in [2.45, 2.75) is 11.6 Å². The van der Waals surface area contributed by atoms with Gasteiger partial charge in [0.2, 0.25) is 5.60 Å². The molecule has 0 bridgehead atoms. The third-order valence-corrected chi connectivity index (χ3v) is 1.97. The van der Waals surface area contributed by atoms with Crippen LogP contribution in [-0.4, -0.2) is 32.4 Å². The summed E-state index contributed by atoms with van der Waals surface area (Å²) in [5, 5.41) is 46.5. The quantitative estimate of drug-likeness (QED) is 0.306. The number of benzene rings is 1. The molecule has 0 heterocycles. The number of carboxylic acids is 1. The van der Waals surface area contributed by atoms with E-state index in [1.165, 1.54) is 18.2 Å². The second-order valence-electron chi connectivity index (χ2n) is 3.00. The van der Waals surface area contributed by atoms with Crippen LogP contribution in [0.15, 0.2) is 30.3 Å². The van der Waals surface area contributed by atoms with Crippen LogP contribution in [0.3, 0.4) is 0 Å². The molecule has 0 aromatic heterocycles. The molecule has 1 unspecified atom stereocenters. The molecule has 0 aliphatic carbocycles. The van der Waals surface area contributed by atoms with Crippen LogP contribution >= 0.6 is 0 Å². The summed E-state index contributed by atoms with van der Waals surface area (Å²) < 4.78 is 0. The van der Waals surface area contributed by atoms with Crippen molar-refractivity contribution >= 4 is 5.97 Å². The van der Waals surface area contributed by atoms with Gasteiger partial charge >= 0.3 is 35.5 Å². The maximum absolute atomic E-state index is 10.6. The van der Waals surface area contributed by atoms with Crippen molar-refractivity contribution in [3.63, 3.8) is 0 Å². The van der Waals surface area contributed by atoms with E-state index in [1.54, 1.807) is 0 Å². The Bertz CT molecular complexity index is 360. The zero-order chi connectivity index (χ0) is 11.7. The summed E-state index contributed by atoms with van der Waals surface area (Å²) in [4.78, 5) is 10.6. The third kappa shape index (κ3) is 2.61. The summed E-state index contributed by atoms with van der Waals surface area (Å²) in [6, 6.07) is 6.44. The number of rotatable bonds is 3. The Labute approximate surface area is 113 Å². The van der Waals surface area contributed by atoms with Crippen LogP contribution in [0.5, 0.6) is 0 Å². The Hall–Kier alpha value is -0.470.